The van der Waals surface area contributed by atoms with Crippen molar-refractivity contribution in [1.82, 2.24) is 9.66 Å². The number of para-hydroxylation sites is 1. The van der Waals surface area contributed by atoms with Crippen LogP contribution in [-0.2, 0) is 11.2 Å². The second kappa shape index (κ2) is 12.3. The lowest BCUT2D eigenvalue weighted by Crippen LogP contribution is -2.22. The largest absolute Gasteiger partial charge is 0.483 e. The van der Waals surface area contributed by atoms with Crippen molar-refractivity contribution in [2.24, 2.45) is 5.10 Å². The Kier molecular flexibility index (Phi) is 8.87. The zero-order valence-electron chi connectivity index (χ0n) is 19.6. The van der Waals surface area contributed by atoms with E-state index in [1.54, 1.807) is 18.3 Å². The molecule has 0 aliphatic heterocycles. The smallest absolute Gasteiger partial charge is 0.282 e. The van der Waals surface area contributed by atoms with Gasteiger partial charge in [0.15, 0.2) is 6.61 Å². The van der Waals surface area contributed by atoms with Gasteiger partial charge in [-0.1, -0.05) is 47.5 Å². The first-order chi connectivity index (χ1) is 17.4. The highest BCUT2D eigenvalue weighted by Crippen LogP contribution is 2.22. The summed E-state index contributed by atoms with van der Waals surface area (Å²) in [5.41, 5.74) is 1.97. The molecular formula is C27H24BrIN4O3. The molecule has 0 aliphatic carbocycles. The lowest BCUT2D eigenvalue weighted by molar-refractivity contribution is -0.118. The number of rotatable bonds is 9. The molecule has 4 rings (SSSR count). The van der Waals surface area contributed by atoms with Crippen molar-refractivity contribution < 1.29 is 9.53 Å². The van der Waals surface area contributed by atoms with Crippen molar-refractivity contribution >= 4 is 67.2 Å². The Morgan fingerprint density at radius 2 is 1.97 bits per heavy atom. The van der Waals surface area contributed by atoms with Gasteiger partial charge in [-0.05, 0) is 83.1 Å². The third kappa shape index (κ3) is 6.58. The number of aromatic nitrogens is 2. The molecule has 0 saturated heterocycles. The standard InChI is InChI=1S/C27H24BrIN4O3/c1-2-3-9-25-32-23-12-11-19(28)15-21(23)27(35)33(25)30-16-18-10-13-24(22(29)14-18)36-17-26(34)31-20-7-5-4-6-8-20/h4-8,10-16H,2-3,9,17H2,1H3,(H,31,34). The fourth-order valence-corrected chi connectivity index (χ4v) is 4.57. The predicted molar refractivity (Wildman–Crippen MR) is 155 cm³/mol. The summed E-state index contributed by atoms with van der Waals surface area (Å²) in [5, 5.41) is 7.80. The first kappa shape index (κ1) is 26.0. The predicted octanol–water partition coefficient (Wildman–Crippen LogP) is 6.01. The number of unbranched alkanes of at least 4 members (excludes halogenated alkanes) is 1. The van der Waals surface area contributed by atoms with Gasteiger partial charge in [-0.25, -0.2) is 4.98 Å². The van der Waals surface area contributed by atoms with E-state index in [0.29, 0.717) is 28.9 Å². The number of benzene rings is 3. The summed E-state index contributed by atoms with van der Waals surface area (Å²) in [6.07, 6.45) is 4.19. The van der Waals surface area contributed by atoms with E-state index >= 15 is 0 Å². The van der Waals surface area contributed by atoms with E-state index in [-0.39, 0.29) is 18.1 Å². The zero-order chi connectivity index (χ0) is 25.5. The minimum atomic E-state index is -0.239. The second-order valence-corrected chi connectivity index (χ2v) is 10.1. The van der Waals surface area contributed by atoms with Crippen molar-refractivity contribution in [2.75, 3.05) is 11.9 Å². The van der Waals surface area contributed by atoms with Crippen LogP contribution in [0.2, 0.25) is 0 Å². The van der Waals surface area contributed by atoms with Gasteiger partial charge < -0.3 is 10.1 Å². The SMILES string of the molecule is CCCCc1nc2ccc(Br)cc2c(=O)n1N=Cc1ccc(OCC(=O)Nc2ccccc2)c(I)c1. The molecule has 9 heteroatoms. The minimum Gasteiger partial charge on any atom is -0.483 e. The molecule has 0 aliphatic rings. The monoisotopic (exact) mass is 658 g/mol. The van der Waals surface area contributed by atoms with Crippen LogP contribution in [0.25, 0.3) is 10.9 Å². The fraction of sp³-hybridized carbons (Fsp3) is 0.185. The second-order valence-electron chi connectivity index (χ2n) is 8.05. The Bertz CT molecular complexity index is 1470. The number of anilines is 1. The van der Waals surface area contributed by atoms with Gasteiger partial charge in [0.1, 0.15) is 11.6 Å². The topological polar surface area (TPSA) is 85.6 Å². The van der Waals surface area contributed by atoms with Crippen LogP contribution in [0.3, 0.4) is 0 Å². The Labute approximate surface area is 230 Å². The molecule has 4 aromatic rings. The highest BCUT2D eigenvalue weighted by molar-refractivity contribution is 14.1. The minimum absolute atomic E-state index is 0.104. The maximum atomic E-state index is 13.2. The number of ether oxygens (including phenoxy) is 1. The molecule has 1 aromatic heterocycles. The molecule has 0 spiro atoms. The van der Waals surface area contributed by atoms with Crippen molar-refractivity contribution in [3.05, 3.63) is 96.5 Å². The highest BCUT2D eigenvalue weighted by Gasteiger charge is 2.11. The highest BCUT2D eigenvalue weighted by atomic mass is 127. The van der Waals surface area contributed by atoms with Gasteiger partial charge in [0, 0.05) is 16.6 Å². The van der Waals surface area contributed by atoms with Crippen LogP contribution in [0.15, 0.2) is 81.1 Å². The van der Waals surface area contributed by atoms with Crippen LogP contribution in [-0.4, -0.2) is 28.4 Å². The number of halogens is 2. The summed E-state index contributed by atoms with van der Waals surface area (Å²) in [4.78, 5) is 30.1. The lowest BCUT2D eigenvalue weighted by atomic mass is 10.2. The number of hydrogen-bond donors (Lipinski definition) is 1. The van der Waals surface area contributed by atoms with Crippen molar-refractivity contribution in [3.63, 3.8) is 0 Å². The van der Waals surface area contributed by atoms with E-state index in [2.05, 4.69) is 55.9 Å². The number of carbonyl (C=O) groups is 1. The summed E-state index contributed by atoms with van der Waals surface area (Å²) in [6, 6.07) is 20.2. The summed E-state index contributed by atoms with van der Waals surface area (Å²) in [7, 11) is 0. The average Bonchev–Trinajstić information content (AvgIpc) is 2.87. The number of hydrogen-bond acceptors (Lipinski definition) is 5. The molecule has 1 heterocycles. The van der Waals surface area contributed by atoms with Gasteiger partial charge in [-0.15, -0.1) is 0 Å². The molecule has 3 aromatic carbocycles. The number of fused-ring (bicyclic) bond motifs is 1. The Morgan fingerprint density at radius 3 is 2.72 bits per heavy atom. The van der Waals surface area contributed by atoms with E-state index < -0.39 is 0 Å². The van der Waals surface area contributed by atoms with E-state index in [1.807, 2.05) is 54.6 Å². The zero-order valence-corrected chi connectivity index (χ0v) is 23.3. The maximum Gasteiger partial charge on any atom is 0.282 e. The van der Waals surface area contributed by atoms with E-state index in [1.165, 1.54) is 4.68 Å². The normalized spacial score (nSPS) is 11.2. The van der Waals surface area contributed by atoms with Crippen LogP contribution < -0.4 is 15.6 Å². The van der Waals surface area contributed by atoms with Crippen LogP contribution in [0.5, 0.6) is 5.75 Å². The summed E-state index contributed by atoms with van der Waals surface area (Å²) in [5.74, 6) is 0.984. The van der Waals surface area contributed by atoms with Crippen LogP contribution in [0.4, 0.5) is 5.69 Å². The van der Waals surface area contributed by atoms with Gasteiger partial charge in [0.05, 0.1) is 20.7 Å². The lowest BCUT2D eigenvalue weighted by Gasteiger charge is -2.10. The molecule has 0 unspecified atom stereocenters. The quantitative estimate of drug-likeness (QED) is 0.176. The molecule has 1 amide bonds. The molecule has 1 N–H and O–H groups in total. The Hall–Kier alpha value is -3.05. The molecule has 36 heavy (non-hydrogen) atoms. The fourth-order valence-electron chi connectivity index (χ4n) is 3.51. The van der Waals surface area contributed by atoms with Crippen LogP contribution in [0, 0.1) is 3.57 Å². The summed E-state index contributed by atoms with van der Waals surface area (Å²) < 4.78 is 8.72. The number of nitrogens with zero attached hydrogens (tertiary/aromatic N) is 3. The molecule has 0 fully saturated rings. The van der Waals surface area contributed by atoms with Gasteiger partial charge in [0.25, 0.3) is 11.5 Å². The third-order valence-electron chi connectivity index (χ3n) is 5.32. The number of amides is 1. The molecule has 0 radical (unpaired) electrons. The maximum absolute atomic E-state index is 13.2. The number of carbonyl (C=O) groups excluding carboxylic acids is 1. The molecule has 0 saturated carbocycles. The molecule has 0 bridgehead atoms. The Balaban J connectivity index is 1.52. The van der Waals surface area contributed by atoms with E-state index in [4.69, 9.17) is 9.72 Å². The summed E-state index contributed by atoms with van der Waals surface area (Å²) >= 11 is 5.58. The molecule has 184 valence electrons. The van der Waals surface area contributed by atoms with Crippen molar-refractivity contribution in [2.45, 2.75) is 26.2 Å². The molecular weight excluding hydrogens is 635 g/mol. The molecule has 7 nitrogen and oxygen atoms in total. The van der Waals surface area contributed by atoms with Crippen molar-refractivity contribution in [3.8, 4) is 5.75 Å². The van der Waals surface area contributed by atoms with Crippen LogP contribution in [0.1, 0.15) is 31.2 Å². The first-order valence-electron chi connectivity index (χ1n) is 11.5. The van der Waals surface area contributed by atoms with E-state index in [0.717, 1.165) is 32.1 Å². The number of aryl methyl sites for hydroxylation is 1. The van der Waals surface area contributed by atoms with Gasteiger partial charge in [-0.3, -0.25) is 9.59 Å². The van der Waals surface area contributed by atoms with E-state index in [9.17, 15) is 9.59 Å². The average molecular weight is 659 g/mol. The van der Waals surface area contributed by atoms with Gasteiger partial charge >= 0.3 is 0 Å². The summed E-state index contributed by atoms with van der Waals surface area (Å²) in [6.45, 7) is 1.99. The first-order valence-corrected chi connectivity index (χ1v) is 13.3. The number of nitrogens with one attached hydrogen (secondary N) is 1. The van der Waals surface area contributed by atoms with Gasteiger partial charge in [0.2, 0.25) is 0 Å². The van der Waals surface area contributed by atoms with Gasteiger partial charge in [-0.2, -0.15) is 9.78 Å². The van der Waals surface area contributed by atoms with Crippen molar-refractivity contribution in [1.29, 1.82) is 0 Å². The Morgan fingerprint density at radius 1 is 1.17 bits per heavy atom. The third-order valence-corrected chi connectivity index (χ3v) is 6.66. The molecule has 0 atom stereocenters. The van der Waals surface area contributed by atoms with Crippen LogP contribution >= 0.6 is 38.5 Å².